The van der Waals surface area contributed by atoms with E-state index in [2.05, 4.69) is 180 Å². The number of anilines is 6. The molecule has 0 saturated heterocycles. The third-order valence-electron chi connectivity index (χ3n) is 13.1. The molecule has 13 rings (SSSR count). The predicted octanol–water partition coefficient (Wildman–Crippen LogP) is 16.5. The van der Waals surface area contributed by atoms with Gasteiger partial charge in [-0.2, -0.15) is 0 Å². The average molecular weight is 822 g/mol. The Hall–Kier alpha value is -8.40. The van der Waals surface area contributed by atoms with Gasteiger partial charge in [0, 0.05) is 39.2 Å². The van der Waals surface area contributed by atoms with Crippen molar-refractivity contribution in [2.45, 2.75) is 5.41 Å². The highest BCUT2D eigenvalue weighted by Gasteiger charge is 2.52. The van der Waals surface area contributed by atoms with E-state index in [0.29, 0.717) is 5.56 Å². The van der Waals surface area contributed by atoms with Crippen molar-refractivity contribution in [3.05, 3.63) is 265 Å². The molecular weight excluding hydrogens is 777 g/mol. The number of hydrogen-bond acceptors (Lipinski definition) is 3. The first-order chi connectivity index (χ1) is 33.8. The van der Waals surface area contributed by atoms with E-state index in [-0.39, 0.29) is 29.7 Å². The molecule has 11 aromatic rings. The molecule has 0 radical (unpaired) electrons. The van der Waals surface area contributed by atoms with Crippen LogP contribution in [-0.2, 0) is 5.41 Å². The summed E-state index contributed by atoms with van der Waals surface area (Å²) in [6, 6.07) is 72.8. The van der Waals surface area contributed by atoms with Crippen molar-refractivity contribution >= 4 is 56.1 Å². The first kappa shape index (κ1) is 31.4. The smallest absolute Gasteiger partial charge is 0.159 e. The summed E-state index contributed by atoms with van der Waals surface area (Å²) in [6.45, 7) is 0. The van der Waals surface area contributed by atoms with Crippen molar-refractivity contribution in [3.8, 4) is 33.4 Å². The van der Waals surface area contributed by atoms with Gasteiger partial charge in [0.1, 0.15) is 5.58 Å². The molecule has 0 aliphatic heterocycles. The molecule has 1 aromatic heterocycles. The van der Waals surface area contributed by atoms with Crippen LogP contribution in [-0.4, -0.2) is 0 Å². The van der Waals surface area contributed by atoms with Crippen molar-refractivity contribution in [2.75, 3.05) is 9.80 Å². The fourth-order valence-electron chi connectivity index (χ4n) is 10.5. The second kappa shape index (κ2) is 14.3. The molecule has 64 heavy (non-hydrogen) atoms. The highest BCUT2D eigenvalue weighted by molar-refractivity contribution is 6.10. The predicted molar refractivity (Wildman–Crippen MR) is 265 cm³/mol. The molecule has 2 aliphatic rings. The molecule has 0 fully saturated rings. The zero-order chi connectivity index (χ0) is 46.5. The van der Waals surface area contributed by atoms with E-state index >= 15 is 0 Å². The highest BCUT2D eigenvalue weighted by Crippen LogP contribution is 2.64. The van der Waals surface area contributed by atoms with Crippen LogP contribution in [0.5, 0.6) is 0 Å². The monoisotopic (exact) mass is 821 g/mol. The molecule has 3 nitrogen and oxygen atoms in total. The Morgan fingerprint density at radius 1 is 0.359 bits per heavy atom. The minimum atomic E-state index is -0.690. The number of benzene rings is 10. The van der Waals surface area contributed by atoms with Gasteiger partial charge in [-0.25, -0.2) is 0 Å². The topological polar surface area (TPSA) is 19.6 Å². The van der Waals surface area contributed by atoms with E-state index in [1.54, 1.807) is 0 Å². The second-order valence-electron chi connectivity index (χ2n) is 16.4. The molecule has 0 bridgehead atoms. The van der Waals surface area contributed by atoms with Crippen molar-refractivity contribution in [2.24, 2.45) is 0 Å². The third kappa shape index (κ3) is 5.34. The van der Waals surface area contributed by atoms with Gasteiger partial charge in [-0.15, -0.1) is 0 Å². The Bertz CT molecular complexity index is 3790. The van der Waals surface area contributed by atoms with Crippen LogP contribution in [0.2, 0.25) is 0 Å². The second-order valence-corrected chi connectivity index (χ2v) is 16.4. The Morgan fingerprint density at radius 3 is 1.50 bits per heavy atom. The molecule has 1 unspecified atom stereocenters. The molecule has 0 saturated carbocycles. The summed E-state index contributed by atoms with van der Waals surface area (Å²) in [4.78, 5) is 4.55. The van der Waals surface area contributed by atoms with Crippen molar-refractivity contribution < 1.29 is 11.3 Å². The van der Waals surface area contributed by atoms with Gasteiger partial charge in [-0.1, -0.05) is 170 Å². The lowest BCUT2D eigenvalue weighted by Gasteiger charge is -2.33. The molecule has 10 aromatic carbocycles. The summed E-state index contributed by atoms with van der Waals surface area (Å²) in [7, 11) is 0. The molecule has 300 valence electrons. The lowest BCUT2D eigenvalue weighted by Crippen LogP contribution is -2.26. The van der Waals surface area contributed by atoms with Gasteiger partial charge in [0.05, 0.1) is 18.0 Å². The van der Waals surface area contributed by atoms with E-state index in [0.717, 1.165) is 67.2 Å². The Labute approximate surface area is 379 Å². The van der Waals surface area contributed by atoms with Crippen molar-refractivity contribution in [1.82, 2.24) is 0 Å². The van der Waals surface area contributed by atoms with Crippen LogP contribution >= 0.6 is 0 Å². The Balaban J connectivity index is 1.06. The van der Waals surface area contributed by atoms with Crippen LogP contribution in [0, 0.1) is 0 Å². The number of furan rings is 1. The van der Waals surface area contributed by atoms with Crippen LogP contribution < -0.4 is 9.80 Å². The first-order valence-corrected chi connectivity index (χ1v) is 21.6. The van der Waals surface area contributed by atoms with E-state index < -0.39 is 11.5 Å². The van der Waals surface area contributed by atoms with E-state index in [4.69, 9.17) is 11.3 Å². The Kier molecular flexibility index (Phi) is 7.04. The number of fused-ring (bicyclic) bond motifs is 13. The lowest BCUT2D eigenvalue weighted by atomic mass is 9.70. The number of nitrogens with zero attached hydrogens (tertiary/aromatic N) is 2. The third-order valence-corrected chi connectivity index (χ3v) is 13.1. The maximum Gasteiger partial charge on any atom is 0.159 e. The molecule has 1 heterocycles. The van der Waals surface area contributed by atoms with Crippen LogP contribution in [0.25, 0.3) is 55.3 Å². The molecule has 1 atom stereocenters. The summed E-state index contributed by atoms with van der Waals surface area (Å²) in [5.41, 5.74) is 16.8. The van der Waals surface area contributed by atoms with Crippen molar-refractivity contribution in [3.63, 3.8) is 0 Å². The number of para-hydroxylation sites is 4. The van der Waals surface area contributed by atoms with Gasteiger partial charge in [-0.3, -0.25) is 0 Å². The maximum absolute atomic E-state index is 8.76. The summed E-state index contributed by atoms with van der Waals surface area (Å²) in [5, 5.41) is 2.01. The molecular formula is C61H40N2O. The number of rotatable bonds is 7. The van der Waals surface area contributed by atoms with Gasteiger partial charge < -0.3 is 14.2 Å². The van der Waals surface area contributed by atoms with Crippen LogP contribution in [0.1, 0.15) is 29.1 Å². The quantitative estimate of drug-likeness (QED) is 0.160. The average Bonchev–Trinajstić information content (AvgIpc) is 4.03. The zero-order valence-corrected chi connectivity index (χ0v) is 34.5. The van der Waals surface area contributed by atoms with Gasteiger partial charge in [0.2, 0.25) is 0 Å². The van der Waals surface area contributed by atoms with Crippen molar-refractivity contribution in [1.29, 1.82) is 0 Å². The van der Waals surface area contributed by atoms with Gasteiger partial charge in [0.25, 0.3) is 0 Å². The highest BCUT2D eigenvalue weighted by atomic mass is 16.3. The molecule has 3 heteroatoms. The largest absolute Gasteiger partial charge is 0.454 e. The SMILES string of the molecule is [2H]c1c([2H])c([2H])c(-c2ccc(N(c3ccc4c(c3)C3(c5ccccc5-c5ccc(N(c6ccccc6)c6ccccc6)cc53)c3ccccc3-4)c3cccc4c3oc3ccccc34)cc2)c([2H])c1[2H]. The zero-order valence-electron chi connectivity index (χ0n) is 39.5. The maximum atomic E-state index is 8.76. The fourth-order valence-corrected chi connectivity index (χ4v) is 10.5. The van der Waals surface area contributed by atoms with Crippen LogP contribution in [0.15, 0.2) is 247 Å². The summed E-state index contributed by atoms with van der Waals surface area (Å²) in [5.74, 6) is 0. The van der Waals surface area contributed by atoms with Crippen LogP contribution in [0.3, 0.4) is 0 Å². The molecule has 2 aliphatic carbocycles. The van der Waals surface area contributed by atoms with E-state index in [1.807, 2.05) is 42.5 Å². The minimum Gasteiger partial charge on any atom is -0.454 e. The summed E-state index contributed by atoms with van der Waals surface area (Å²) < 4.78 is 49.3. The summed E-state index contributed by atoms with van der Waals surface area (Å²) in [6.07, 6.45) is 0. The molecule has 0 amide bonds. The Morgan fingerprint density at radius 2 is 0.859 bits per heavy atom. The molecule has 0 N–H and O–H groups in total. The minimum absolute atomic E-state index is 0.159. The number of hydrogen-bond donors (Lipinski definition) is 0. The first-order valence-electron chi connectivity index (χ1n) is 24.1. The van der Waals surface area contributed by atoms with Crippen LogP contribution in [0.4, 0.5) is 34.1 Å². The fraction of sp³-hybridized carbons (Fsp3) is 0.0164. The van der Waals surface area contributed by atoms with Gasteiger partial charge >= 0.3 is 0 Å². The van der Waals surface area contributed by atoms with E-state index in [9.17, 15) is 0 Å². The summed E-state index contributed by atoms with van der Waals surface area (Å²) >= 11 is 0. The standard InChI is InChI=1S/C61H40N2O/c1-4-17-41(18-5-1)42-31-33-45(34-32-42)63(58-29-16-26-53-52-25-12-15-30-59(52)64-60(53)58)47-36-38-51-49-24-11-14-28-55(49)61(57(51)40-47)54-27-13-10-23-48(54)50-37-35-46(39-56(50)61)62(43-19-6-2-7-20-43)44-21-8-3-9-22-44/h1-40H/i1D,4D,5D,17D,18D. The van der Waals surface area contributed by atoms with Gasteiger partial charge in [-0.05, 0) is 128 Å². The van der Waals surface area contributed by atoms with Gasteiger partial charge in [0.15, 0.2) is 5.58 Å². The lowest BCUT2D eigenvalue weighted by molar-refractivity contribution is 0.669. The molecule has 1 spiro atoms. The van der Waals surface area contributed by atoms with E-state index in [1.165, 1.54) is 33.4 Å². The normalized spacial score (nSPS) is 15.4.